The van der Waals surface area contributed by atoms with Gasteiger partial charge in [0.1, 0.15) is 0 Å². The minimum atomic E-state index is -0.382. The van der Waals surface area contributed by atoms with Crippen molar-refractivity contribution in [2.45, 2.75) is 38.6 Å². The normalized spacial score (nSPS) is 15.8. The minimum absolute atomic E-state index is 0.0452. The lowest BCUT2D eigenvalue weighted by atomic mass is 9.95. The van der Waals surface area contributed by atoms with Gasteiger partial charge in [-0.1, -0.05) is 30.3 Å². The second-order valence-electron chi connectivity index (χ2n) is 6.68. The van der Waals surface area contributed by atoms with Gasteiger partial charge >= 0.3 is 6.09 Å². The van der Waals surface area contributed by atoms with Crippen molar-refractivity contribution in [1.82, 2.24) is 0 Å². The van der Waals surface area contributed by atoms with E-state index in [1.54, 1.807) is 4.90 Å². The molecule has 3 rings (SSSR count). The molecule has 0 saturated heterocycles. The molecule has 1 aliphatic heterocycles. The molecule has 6 heteroatoms. The van der Waals surface area contributed by atoms with Crippen LogP contribution in [0, 0.1) is 0 Å². The summed E-state index contributed by atoms with van der Waals surface area (Å²) in [6.07, 6.45) is 2.30. The molecule has 0 aromatic heterocycles. The molecule has 1 atom stereocenters. The highest BCUT2D eigenvalue weighted by molar-refractivity contribution is 9.10. The summed E-state index contributed by atoms with van der Waals surface area (Å²) in [5, 5.41) is 3.04. The fourth-order valence-electron chi connectivity index (χ4n) is 3.42. The fraction of sp³-hybridized carbons (Fsp3) is 0.333. The summed E-state index contributed by atoms with van der Waals surface area (Å²) in [4.78, 5) is 26.4. The number of hydrogen-bond acceptors (Lipinski definition) is 3. The molecule has 2 amide bonds. The van der Waals surface area contributed by atoms with E-state index in [0.29, 0.717) is 12.8 Å². The molecule has 5 nitrogen and oxygen atoms in total. The number of nitrogens with one attached hydrogen (secondary N) is 1. The van der Waals surface area contributed by atoms with Crippen molar-refractivity contribution in [2.75, 3.05) is 17.3 Å². The number of hydrogen-bond donors (Lipinski definition) is 1. The van der Waals surface area contributed by atoms with Gasteiger partial charge in [0.2, 0.25) is 5.91 Å². The Balaban J connectivity index is 1.80. The van der Waals surface area contributed by atoms with E-state index < -0.39 is 0 Å². The average Bonchev–Trinajstić information content (AvgIpc) is 2.68. The number of carbonyl (C=O) groups excluding carboxylic acids is 2. The van der Waals surface area contributed by atoms with Gasteiger partial charge < -0.3 is 10.1 Å². The molecule has 2 aromatic carbocycles. The number of methoxy groups -OCH3 is 1. The molecule has 142 valence electrons. The van der Waals surface area contributed by atoms with Crippen LogP contribution in [0.25, 0.3) is 0 Å². The van der Waals surface area contributed by atoms with E-state index in [2.05, 4.69) is 21.2 Å². The summed E-state index contributed by atoms with van der Waals surface area (Å²) in [6, 6.07) is 13.7. The Bertz CT molecular complexity index is 839. The van der Waals surface area contributed by atoms with Crippen LogP contribution in [0.3, 0.4) is 0 Å². The second kappa shape index (κ2) is 8.57. The van der Waals surface area contributed by atoms with Crippen LogP contribution >= 0.6 is 15.9 Å². The zero-order valence-corrected chi connectivity index (χ0v) is 17.1. The van der Waals surface area contributed by atoms with E-state index in [4.69, 9.17) is 4.74 Å². The van der Waals surface area contributed by atoms with Crippen LogP contribution in [-0.4, -0.2) is 25.2 Å². The van der Waals surface area contributed by atoms with Gasteiger partial charge in [-0.05, 0) is 59.8 Å². The number of ether oxygens (including phenoxy) is 1. The Kier molecular flexibility index (Phi) is 6.16. The van der Waals surface area contributed by atoms with E-state index in [1.807, 2.05) is 49.4 Å². The molecule has 1 aliphatic rings. The topological polar surface area (TPSA) is 58.6 Å². The monoisotopic (exact) mass is 430 g/mol. The van der Waals surface area contributed by atoms with Crippen LogP contribution in [-0.2, 0) is 22.4 Å². The highest BCUT2D eigenvalue weighted by Crippen LogP contribution is 2.40. The average molecular weight is 431 g/mol. The maximum Gasteiger partial charge on any atom is 0.414 e. The van der Waals surface area contributed by atoms with E-state index >= 15 is 0 Å². The van der Waals surface area contributed by atoms with Gasteiger partial charge in [-0.15, -0.1) is 0 Å². The standard InChI is InChI=1S/C21H23BrN2O3/c1-14-8-10-16-18(24(14)21(26)27-2)12-11-17(22)20(16)23-19(25)13-9-15-6-4-3-5-7-15/h3-7,11-12,14H,8-10,13H2,1-2H3,(H,23,25)/t14-/m0/s1. The number of amides is 2. The Morgan fingerprint density at radius 3 is 2.67 bits per heavy atom. The van der Waals surface area contributed by atoms with Gasteiger partial charge in [-0.2, -0.15) is 0 Å². The van der Waals surface area contributed by atoms with Crippen molar-refractivity contribution in [2.24, 2.45) is 0 Å². The molecule has 0 bridgehead atoms. The van der Waals surface area contributed by atoms with Crippen molar-refractivity contribution in [1.29, 1.82) is 0 Å². The lowest BCUT2D eigenvalue weighted by molar-refractivity contribution is -0.116. The molecular formula is C21H23BrN2O3. The molecule has 0 radical (unpaired) electrons. The van der Waals surface area contributed by atoms with Gasteiger partial charge in [0, 0.05) is 22.5 Å². The molecule has 0 fully saturated rings. The first kappa shape index (κ1) is 19.4. The quantitative estimate of drug-likeness (QED) is 0.747. The van der Waals surface area contributed by atoms with Crippen LogP contribution in [0.4, 0.5) is 16.2 Å². The Morgan fingerprint density at radius 1 is 1.22 bits per heavy atom. The van der Waals surface area contributed by atoms with Crippen LogP contribution in [0.2, 0.25) is 0 Å². The number of benzene rings is 2. The lowest BCUT2D eigenvalue weighted by Crippen LogP contribution is -2.42. The Labute approximate surface area is 167 Å². The molecule has 0 unspecified atom stereocenters. The van der Waals surface area contributed by atoms with Crippen LogP contribution in [0.1, 0.15) is 30.9 Å². The molecule has 1 heterocycles. The smallest absolute Gasteiger partial charge is 0.414 e. The van der Waals surface area contributed by atoms with E-state index in [1.165, 1.54) is 7.11 Å². The summed E-state index contributed by atoms with van der Waals surface area (Å²) in [6.45, 7) is 2.00. The number of carbonyl (C=O) groups is 2. The lowest BCUT2D eigenvalue weighted by Gasteiger charge is -2.35. The molecule has 0 saturated carbocycles. The van der Waals surface area contributed by atoms with Gasteiger partial charge in [-0.25, -0.2) is 4.79 Å². The van der Waals surface area contributed by atoms with Crippen LogP contribution in [0.5, 0.6) is 0 Å². The zero-order valence-electron chi connectivity index (χ0n) is 15.5. The van der Waals surface area contributed by atoms with Crippen molar-refractivity contribution in [3.63, 3.8) is 0 Å². The SMILES string of the molecule is COC(=O)N1c2ccc(Br)c(NC(=O)CCc3ccccc3)c2CC[C@@H]1C. The first-order valence-corrected chi connectivity index (χ1v) is 9.83. The van der Waals surface area contributed by atoms with E-state index in [9.17, 15) is 9.59 Å². The van der Waals surface area contributed by atoms with E-state index in [0.717, 1.165) is 39.8 Å². The summed E-state index contributed by atoms with van der Waals surface area (Å²) in [7, 11) is 1.38. The summed E-state index contributed by atoms with van der Waals surface area (Å²) in [5.74, 6) is -0.0452. The third kappa shape index (κ3) is 4.33. The van der Waals surface area contributed by atoms with Crippen molar-refractivity contribution in [3.05, 3.63) is 58.1 Å². The van der Waals surface area contributed by atoms with Gasteiger partial charge in [0.15, 0.2) is 0 Å². The molecule has 0 spiro atoms. The maximum atomic E-state index is 12.5. The summed E-state index contributed by atoms with van der Waals surface area (Å²) in [5.41, 5.74) is 3.63. The Hall–Kier alpha value is -2.34. The molecule has 0 aliphatic carbocycles. The molecule has 2 aromatic rings. The highest BCUT2D eigenvalue weighted by atomic mass is 79.9. The maximum absolute atomic E-state index is 12.5. The number of rotatable bonds is 4. The summed E-state index contributed by atoms with van der Waals surface area (Å²) < 4.78 is 5.76. The largest absolute Gasteiger partial charge is 0.452 e. The van der Waals surface area contributed by atoms with Crippen LogP contribution < -0.4 is 10.2 Å². The molecule has 1 N–H and O–H groups in total. The third-order valence-electron chi connectivity index (χ3n) is 4.87. The van der Waals surface area contributed by atoms with Crippen molar-refractivity contribution >= 4 is 39.3 Å². The highest BCUT2D eigenvalue weighted by Gasteiger charge is 2.31. The van der Waals surface area contributed by atoms with Gasteiger partial charge in [-0.3, -0.25) is 9.69 Å². The molecular weight excluding hydrogens is 408 g/mol. The number of anilines is 2. The summed E-state index contributed by atoms with van der Waals surface area (Å²) >= 11 is 3.54. The predicted molar refractivity (Wildman–Crippen MR) is 110 cm³/mol. The number of nitrogens with zero attached hydrogens (tertiary/aromatic N) is 1. The zero-order chi connectivity index (χ0) is 19.4. The number of halogens is 1. The number of fused-ring (bicyclic) bond motifs is 1. The molecule has 27 heavy (non-hydrogen) atoms. The van der Waals surface area contributed by atoms with Crippen molar-refractivity contribution < 1.29 is 14.3 Å². The first-order valence-electron chi connectivity index (χ1n) is 9.03. The van der Waals surface area contributed by atoms with Crippen LogP contribution in [0.15, 0.2) is 46.9 Å². The number of aryl methyl sites for hydroxylation is 1. The second-order valence-corrected chi connectivity index (χ2v) is 7.54. The fourth-order valence-corrected chi connectivity index (χ4v) is 3.89. The third-order valence-corrected chi connectivity index (χ3v) is 5.53. The van der Waals surface area contributed by atoms with Gasteiger partial charge in [0.25, 0.3) is 0 Å². The predicted octanol–water partition coefficient (Wildman–Crippen LogP) is 4.93. The van der Waals surface area contributed by atoms with Gasteiger partial charge in [0.05, 0.1) is 18.5 Å². The first-order chi connectivity index (χ1) is 13.0. The van der Waals surface area contributed by atoms with E-state index in [-0.39, 0.29) is 18.0 Å². The minimum Gasteiger partial charge on any atom is -0.452 e. The van der Waals surface area contributed by atoms with Crippen molar-refractivity contribution in [3.8, 4) is 0 Å². The Morgan fingerprint density at radius 2 is 1.96 bits per heavy atom.